The highest BCUT2D eigenvalue weighted by molar-refractivity contribution is 5.60. The number of ether oxygens (including phenoxy) is 1. The summed E-state index contributed by atoms with van der Waals surface area (Å²) >= 11 is 0. The largest absolute Gasteiger partial charge is 0.461 e. The van der Waals surface area contributed by atoms with E-state index < -0.39 is 0 Å². The van der Waals surface area contributed by atoms with Crippen LogP contribution in [0.5, 0.6) is 5.75 Å². The van der Waals surface area contributed by atoms with Crippen molar-refractivity contribution in [3.8, 4) is 5.75 Å². The average Bonchev–Trinajstić information content (AvgIpc) is 3.21. The summed E-state index contributed by atoms with van der Waals surface area (Å²) in [5, 5.41) is 0. The molecule has 0 N–H and O–H groups in total. The van der Waals surface area contributed by atoms with Crippen LogP contribution in [0.25, 0.3) is 0 Å². The summed E-state index contributed by atoms with van der Waals surface area (Å²) in [5.41, 5.74) is 8.71. The third kappa shape index (κ3) is 5.56. The fourth-order valence-electron chi connectivity index (χ4n) is 4.95. The first-order chi connectivity index (χ1) is 15.3. The summed E-state index contributed by atoms with van der Waals surface area (Å²) in [6.07, 6.45) is 2.32. The highest BCUT2D eigenvalue weighted by Gasteiger charge is 2.37. The Kier molecular flexibility index (Phi) is 7.99. The van der Waals surface area contributed by atoms with E-state index in [0.717, 1.165) is 17.9 Å². The van der Waals surface area contributed by atoms with Gasteiger partial charge in [-0.05, 0) is 51.3 Å². The molecule has 1 heteroatoms. The SMILES string of the molecule is C=C1Oc2c(cc(C(C)(C)C)cc2C(C)(C)C)C1c1ccc2c(c1)CC(C)(C)C2.CC.CC. The van der Waals surface area contributed by atoms with Gasteiger partial charge in [0.15, 0.2) is 0 Å². The molecular formula is C32H48O. The van der Waals surface area contributed by atoms with Crippen LogP contribution in [0, 0.1) is 5.41 Å². The van der Waals surface area contributed by atoms with E-state index in [1.165, 1.54) is 39.8 Å². The smallest absolute Gasteiger partial charge is 0.134 e. The minimum Gasteiger partial charge on any atom is -0.461 e. The Labute approximate surface area is 204 Å². The molecule has 0 saturated heterocycles. The normalized spacial score (nSPS) is 18.3. The highest BCUT2D eigenvalue weighted by atomic mass is 16.5. The lowest BCUT2D eigenvalue weighted by atomic mass is 9.77. The molecule has 0 saturated carbocycles. The molecular weight excluding hydrogens is 400 g/mol. The second-order valence-corrected chi connectivity index (χ2v) is 12.0. The standard InChI is InChI=1S/C28H36O.2C2H6/c1-17-24(18-10-11-19-15-28(8,9)16-20(19)12-18)22-13-21(26(2,3)4)14-23(25(22)29-17)27(5,6)7;2*1-2/h10-14,24H,1,15-16H2,2-9H3;2*1-2H3. The van der Waals surface area contributed by atoms with E-state index in [9.17, 15) is 0 Å². The van der Waals surface area contributed by atoms with Gasteiger partial charge in [-0.3, -0.25) is 0 Å². The third-order valence-corrected chi connectivity index (χ3v) is 6.56. The van der Waals surface area contributed by atoms with Gasteiger partial charge in [-0.2, -0.15) is 0 Å². The summed E-state index contributed by atoms with van der Waals surface area (Å²) in [6, 6.07) is 11.8. The van der Waals surface area contributed by atoms with Crippen molar-refractivity contribution >= 4 is 0 Å². The monoisotopic (exact) mass is 448 g/mol. The number of hydrogen-bond donors (Lipinski definition) is 0. The minimum atomic E-state index is 0.0163. The molecule has 0 bridgehead atoms. The van der Waals surface area contributed by atoms with Gasteiger partial charge in [-0.1, -0.05) is 120 Å². The summed E-state index contributed by atoms with van der Waals surface area (Å²) in [6.45, 7) is 30.8. The van der Waals surface area contributed by atoms with Gasteiger partial charge in [0.05, 0.1) is 5.92 Å². The molecule has 0 fully saturated rings. The summed E-state index contributed by atoms with van der Waals surface area (Å²) < 4.78 is 6.37. The zero-order chi connectivity index (χ0) is 25.4. The molecule has 2 aromatic carbocycles. The molecule has 1 unspecified atom stereocenters. The molecule has 0 spiro atoms. The van der Waals surface area contributed by atoms with Gasteiger partial charge in [-0.15, -0.1) is 0 Å². The molecule has 0 radical (unpaired) electrons. The molecule has 4 rings (SSSR count). The average molecular weight is 449 g/mol. The van der Waals surface area contributed by atoms with Crippen LogP contribution >= 0.6 is 0 Å². The van der Waals surface area contributed by atoms with Gasteiger partial charge >= 0.3 is 0 Å². The van der Waals surface area contributed by atoms with Gasteiger partial charge in [0, 0.05) is 11.1 Å². The zero-order valence-electron chi connectivity index (χ0n) is 23.5. The number of fused-ring (bicyclic) bond motifs is 2. The molecule has 0 aromatic heterocycles. The molecule has 1 aliphatic heterocycles. The van der Waals surface area contributed by atoms with Crippen LogP contribution < -0.4 is 4.74 Å². The fraction of sp³-hybridized carbons (Fsp3) is 0.562. The minimum absolute atomic E-state index is 0.0163. The van der Waals surface area contributed by atoms with E-state index in [1.807, 2.05) is 27.7 Å². The third-order valence-electron chi connectivity index (χ3n) is 6.56. The van der Waals surface area contributed by atoms with E-state index in [-0.39, 0.29) is 16.7 Å². The Balaban J connectivity index is 0.000000914. The second-order valence-electron chi connectivity index (χ2n) is 12.0. The lowest BCUT2D eigenvalue weighted by molar-refractivity contribution is 0.392. The van der Waals surface area contributed by atoms with Crippen LogP contribution in [0.4, 0.5) is 0 Å². The molecule has 2 aliphatic rings. The second kappa shape index (κ2) is 9.69. The van der Waals surface area contributed by atoms with Crippen molar-refractivity contribution in [3.05, 3.63) is 76.1 Å². The fourth-order valence-corrected chi connectivity index (χ4v) is 4.95. The van der Waals surface area contributed by atoms with Crippen molar-refractivity contribution in [2.45, 2.75) is 113 Å². The Morgan fingerprint density at radius 2 is 1.39 bits per heavy atom. The zero-order valence-corrected chi connectivity index (χ0v) is 23.5. The maximum atomic E-state index is 6.37. The maximum absolute atomic E-state index is 6.37. The molecule has 1 heterocycles. The summed E-state index contributed by atoms with van der Waals surface area (Å²) in [5.74, 6) is 2.00. The molecule has 0 amide bonds. The van der Waals surface area contributed by atoms with E-state index in [4.69, 9.17) is 4.74 Å². The van der Waals surface area contributed by atoms with Crippen molar-refractivity contribution in [3.63, 3.8) is 0 Å². The molecule has 33 heavy (non-hydrogen) atoms. The molecule has 1 atom stereocenters. The van der Waals surface area contributed by atoms with Crippen LogP contribution in [0.1, 0.15) is 122 Å². The molecule has 182 valence electrons. The van der Waals surface area contributed by atoms with Crippen LogP contribution in [0.2, 0.25) is 0 Å². The summed E-state index contributed by atoms with van der Waals surface area (Å²) in [7, 11) is 0. The van der Waals surface area contributed by atoms with Gasteiger partial charge in [-0.25, -0.2) is 0 Å². The van der Waals surface area contributed by atoms with Crippen molar-refractivity contribution in [2.24, 2.45) is 5.41 Å². The predicted molar refractivity (Wildman–Crippen MR) is 146 cm³/mol. The van der Waals surface area contributed by atoms with Gasteiger partial charge in [0.25, 0.3) is 0 Å². The summed E-state index contributed by atoms with van der Waals surface area (Å²) in [4.78, 5) is 0. The Morgan fingerprint density at radius 3 is 1.94 bits per heavy atom. The van der Waals surface area contributed by atoms with Crippen molar-refractivity contribution < 1.29 is 4.74 Å². The van der Waals surface area contributed by atoms with E-state index in [1.54, 1.807) is 0 Å². The molecule has 2 aromatic rings. The number of rotatable bonds is 1. The first kappa shape index (κ1) is 27.2. The molecule has 1 nitrogen and oxygen atoms in total. The topological polar surface area (TPSA) is 9.23 Å². The predicted octanol–water partition coefficient (Wildman–Crippen LogP) is 9.50. The Morgan fingerprint density at radius 1 is 0.818 bits per heavy atom. The maximum Gasteiger partial charge on any atom is 0.134 e. The lowest BCUT2D eigenvalue weighted by Crippen LogP contribution is -2.17. The van der Waals surface area contributed by atoms with Crippen LogP contribution in [0.3, 0.4) is 0 Å². The van der Waals surface area contributed by atoms with Gasteiger partial charge in [0.2, 0.25) is 0 Å². The highest BCUT2D eigenvalue weighted by Crippen LogP contribution is 2.51. The number of hydrogen-bond acceptors (Lipinski definition) is 1. The number of allylic oxidation sites excluding steroid dienone is 1. The quantitative estimate of drug-likeness (QED) is 0.422. The Bertz CT molecular complexity index is 992. The van der Waals surface area contributed by atoms with E-state index >= 15 is 0 Å². The van der Waals surface area contributed by atoms with E-state index in [0.29, 0.717) is 5.41 Å². The van der Waals surface area contributed by atoms with Crippen LogP contribution in [-0.2, 0) is 23.7 Å². The first-order valence-corrected chi connectivity index (χ1v) is 12.9. The van der Waals surface area contributed by atoms with Crippen LogP contribution in [0.15, 0.2) is 42.7 Å². The Hall–Kier alpha value is -2.02. The van der Waals surface area contributed by atoms with Crippen molar-refractivity contribution in [1.82, 2.24) is 0 Å². The molecule has 1 aliphatic carbocycles. The van der Waals surface area contributed by atoms with Crippen molar-refractivity contribution in [2.75, 3.05) is 0 Å². The van der Waals surface area contributed by atoms with Crippen LogP contribution in [-0.4, -0.2) is 0 Å². The van der Waals surface area contributed by atoms with Gasteiger partial charge in [0.1, 0.15) is 11.5 Å². The van der Waals surface area contributed by atoms with Gasteiger partial charge < -0.3 is 4.74 Å². The number of benzene rings is 2. The van der Waals surface area contributed by atoms with Crippen molar-refractivity contribution in [1.29, 1.82) is 0 Å². The lowest BCUT2D eigenvalue weighted by Gasteiger charge is -2.27. The van der Waals surface area contributed by atoms with E-state index in [2.05, 4.69) is 92.3 Å². The first-order valence-electron chi connectivity index (χ1n) is 12.9.